The zero-order valence-corrected chi connectivity index (χ0v) is 18.1. The highest BCUT2D eigenvalue weighted by Crippen LogP contribution is 2.42. The van der Waals surface area contributed by atoms with Gasteiger partial charge >= 0.3 is 0 Å². The van der Waals surface area contributed by atoms with Gasteiger partial charge in [-0.2, -0.15) is 0 Å². The van der Waals surface area contributed by atoms with Crippen molar-refractivity contribution < 1.29 is 19.0 Å². The summed E-state index contributed by atoms with van der Waals surface area (Å²) in [5, 5.41) is 0.0593. The van der Waals surface area contributed by atoms with Crippen LogP contribution >= 0.6 is 11.8 Å². The number of thioether (sulfide) groups is 1. The lowest BCUT2D eigenvalue weighted by Crippen LogP contribution is -2.38. The molecule has 1 aliphatic carbocycles. The largest absolute Gasteiger partial charge is 0.493 e. The Morgan fingerprint density at radius 2 is 1.93 bits per heavy atom. The van der Waals surface area contributed by atoms with Crippen molar-refractivity contribution in [2.75, 3.05) is 52.3 Å². The van der Waals surface area contributed by atoms with E-state index < -0.39 is 0 Å². The van der Waals surface area contributed by atoms with E-state index in [9.17, 15) is 4.79 Å². The average molecular weight is 421 g/mol. The lowest BCUT2D eigenvalue weighted by atomic mass is 10.1. The first-order valence-corrected chi connectivity index (χ1v) is 11.9. The second kappa shape index (κ2) is 10.0. The van der Waals surface area contributed by atoms with E-state index in [1.165, 1.54) is 12.8 Å². The summed E-state index contributed by atoms with van der Waals surface area (Å²) in [6, 6.07) is 6.14. The van der Waals surface area contributed by atoms with Crippen LogP contribution in [0.2, 0.25) is 0 Å². The number of methoxy groups -OCH3 is 1. The molecule has 1 saturated carbocycles. The minimum absolute atomic E-state index is 0.0593. The predicted octanol–water partition coefficient (Wildman–Crippen LogP) is 3.31. The number of hydrogen-bond donors (Lipinski definition) is 0. The van der Waals surface area contributed by atoms with Crippen molar-refractivity contribution >= 4 is 17.7 Å². The number of carbonyl (C=O) groups is 1. The van der Waals surface area contributed by atoms with Crippen molar-refractivity contribution in [3.05, 3.63) is 23.8 Å². The van der Waals surface area contributed by atoms with Crippen LogP contribution in [0.25, 0.3) is 0 Å². The molecule has 0 spiro atoms. The minimum Gasteiger partial charge on any atom is -0.493 e. The molecule has 0 aromatic heterocycles. The van der Waals surface area contributed by atoms with Crippen LogP contribution in [0.4, 0.5) is 0 Å². The van der Waals surface area contributed by atoms with Crippen molar-refractivity contribution in [2.24, 2.45) is 0 Å². The molecule has 2 aliphatic heterocycles. The maximum Gasteiger partial charge on any atom is 0.233 e. The molecule has 2 saturated heterocycles. The molecule has 1 amide bonds. The molecule has 29 heavy (non-hydrogen) atoms. The molecular weight excluding hydrogens is 388 g/mol. The molecule has 0 bridgehead atoms. The summed E-state index contributed by atoms with van der Waals surface area (Å²) < 4.78 is 17.2. The summed E-state index contributed by atoms with van der Waals surface area (Å²) in [5.41, 5.74) is 1.13. The van der Waals surface area contributed by atoms with Gasteiger partial charge in [0, 0.05) is 26.2 Å². The zero-order chi connectivity index (χ0) is 20.1. The molecule has 1 atom stereocenters. The van der Waals surface area contributed by atoms with E-state index in [1.807, 2.05) is 11.0 Å². The highest BCUT2D eigenvalue weighted by Gasteiger charge is 2.33. The standard InChI is InChI=1S/C22H32N2O4S/c1-26-19-8-7-17(15-20(19)28-18-5-2-3-6-18)22-24(21(25)16-29-22)10-4-9-23-11-13-27-14-12-23/h7-8,15,18,22H,2-6,9-14,16H2,1H3. The number of amides is 1. The molecule has 1 aromatic carbocycles. The first-order valence-electron chi connectivity index (χ1n) is 10.8. The molecule has 3 aliphatic rings. The minimum atomic E-state index is 0.0593. The van der Waals surface area contributed by atoms with Crippen LogP contribution in [0.5, 0.6) is 11.5 Å². The second-order valence-corrected chi connectivity index (χ2v) is 9.06. The summed E-state index contributed by atoms with van der Waals surface area (Å²) in [7, 11) is 1.68. The monoisotopic (exact) mass is 420 g/mol. The zero-order valence-electron chi connectivity index (χ0n) is 17.3. The molecule has 4 rings (SSSR count). The third-order valence-corrected chi connectivity index (χ3v) is 7.27. The van der Waals surface area contributed by atoms with E-state index in [0.29, 0.717) is 5.75 Å². The smallest absolute Gasteiger partial charge is 0.233 e. The van der Waals surface area contributed by atoms with Gasteiger partial charge in [-0.1, -0.05) is 6.07 Å². The van der Waals surface area contributed by atoms with Crippen LogP contribution in [0.15, 0.2) is 18.2 Å². The maximum atomic E-state index is 12.5. The molecule has 0 radical (unpaired) electrons. The van der Waals surface area contributed by atoms with E-state index in [4.69, 9.17) is 14.2 Å². The fourth-order valence-electron chi connectivity index (χ4n) is 4.39. The van der Waals surface area contributed by atoms with Gasteiger partial charge in [0.05, 0.1) is 32.2 Å². The Balaban J connectivity index is 1.41. The predicted molar refractivity (Wildman–Crippen MR) is 115 cm³/mol. The molecule has 6 nitrogen and oxygen atoms in total. The van der Waals surface area contributed by atoms with Crippen molar-refractivity contribution in [3.63, 3.8) is 0 Å². The summed E-state index contributed by atoms with van der Waals surface area (Å²) in [4.78, 5) is 17.0. The molecule has 1 aromatic rings. The Bertz CT molecular complexity index is 689. The SMILES string of the molecule is COc1ccc(C2SCC(=O)N2CCCN2CCOCC2)cc1OC1CCCC1. The van der Waals surface area contributed by atoms with Gasteiger partial charge in [0.15, 0.2) is 11.5 Å². The summed E-state index contributed by atoms with van der Waals surface area (Å²) in [5.74, 6) is 2.36. The van der Waals surface area contributed by atoms with Gasteiger partial charge in [-0.25, -0.2) is 0 Å². The third-order valence-electron chi connectivity index (χ3n) is 6.01. The fourth-order valence-corrected chi connectivity index (χ4v) is 5.59. The molecule has 2 heterocycles. The van der Waals surface area contributed by atoms with Crippen LogP contribution in [0.1, 0.15) is 43.0 Å². The van der Waals surface area contributed by atoms with Crippen molar-refractivity contribution in [2.45, 2.75) is 43.6 Å². The Labute approximate surface area is 177 Å². The Hall–Kier alpha value is -1.44. The van der Waals surface area contributed by atoms with E-state index in [-0.39, 0.29) is 17.4 Å². The third kappa shape index (κ3) is 5.19. The molecule has 7 heteroatoms. The lowest BCUT2D eigenvalue weighted by molar-refractivity contribution is -0.128. The summed E-state index contributed by atoms with van der Waals surface area (Å²) >= 11 is 1.71. The molecule has 0 N–H and O–H groups in total. The first kappa shape index (κ1) is 20.8. The number of hydrogen-bond acceptors (Lipinski definition) is 6. The number of benzene rings is 1. The highest BCUT2D eigenvalue weighted by atomic mass is 32.2. The van der Waals surface area contributed by atoms with Gasteiger partial charge < -0.3 is 19.1 Å². The lowest BCUT2D eigenvalue weighted by Gasteiger charge is -2.29. The molecule has 1 unspecified atom stereocenters. The Kier molecular flexibility index (Phi) is 7.21. The molecule has 3 fully saturated rings. The van der Waals surface area contributed by atoms with Crippen LogP contribution in [0, 0.1) is 0 Å². The number of carbonyl (C=O) groups excluding carboxylic acids is 1. The van der Waals surface area contributed by atoms with E-state index in [0.717, 1.165) is 75.7 Å². The van der Waals surface area contributed by atoms with E-state index in [2.05, 4.69) is 17.0 Å². The quantitative estimate of drug-likeness (QED) is 0.643. The van der Waals surface area contributed by atoms with E-state index >= 15 is 0 Å². The van der Waals surface area contributed by atoms with E-state index in [1.54, 1.807) is 18.9 Å². The summed E-state index contributed by atoms with van der Waals surface area (Å²) in [6.07, 6.45) is 5.95. The Morgan fingerprint density at radius 1 is 1.14 bits per heavy atom. The van der Waals surface area contributed by atoms with Crippen LogP contribution in [0.3, 0.4) is 0 Å². The van der Waals surface area contributed by atoms with Gasteiger partial charge in [0.25, 0.3) is 0 Å². The van der Waals surface area contributed by atoms with Crippen molar-refractivity contribution in [1.82, 2.24) is 9.80 Å². The first-order chi connectivity index (χ1) is 14.2. The molecule has 160 valence electrons. The number of rotatable bonds is 8. The number of nitrogens with zero attached hydrogens (tertiary/aromatic N) is 2. The van der Waals surface area contributed by atoms with Crippen molar-refractivity contribution in [3.8, 4) is 11.5 Å². The van der Waals surface area contributed by atoms with Gasteiger partial charge in [0.2, 0.25) is 5.91 Å². The number of ether oxygens (including phenoxy) is 3. The Morgan fingerprint density at radius 3 is 2.69 bits per heavy atom. The van der Waals surface area contributed by atoms with Crippen molar-refractivity contribution in [1.29, 1.82) is 0 Å². The van der Waals surface area contributed by atoms with Gasteiger partial charge in [0.1, 0.15) is 5.37 Å². The normalized spacial score (nSPS) is 23.7. The molecular formula is C22H32N2O4S. The van der Waals surface area contributed by atoms with Gasteiger partial charge in [-0.05, 0) is 49.8 Å². The van der Waals surface area contributed by atoms with Crippen LogP contribution in [-0.2, 0) is 9.53 Å². The highest BCUT2D eigenvalue weighted by molar-refractivity contribution is 8.00. The van der Waals surface area contributed by atoms with Gasteiger partial charge in [-0.3, -0.25) is 9.69 Å². The summed E-state index contributed by atoms with van der Waals surface area (Å²) in [6.45, 7) is 5.42. The number of morpholine rings is 1. The van der Waals surface area contributed by atoms with Crippen LogP contribution in [-0.4, -0.2) is 74.1 Å². The maximum absolute atomic E-state index is 12.5. The topological polar surface area (TPSA) is 51.2 Å². The van der Waals surface area contributed by atoms with Gasteiger partial charge in [-0.15, -0.1) is 11.8 Å². The fraction of sp³-hybridized carbons (Fsp3) is 0.682. The second-order valence-electron chi connectivity index (χ2n) is 7.99. The van der Waals surface area contributed by atoms with Crippen LogP contribution < -0.4 is 9.47 Å². The average Bonchev–Trinajstić information content (AvgIpc) is 3.39.